The summed E-state index contributed by atoms with van der Waals surface area (Å²) in [4.78, 5) is 11.3. The first-order chi connectivity index (χ1) is 10.2. The molecule has 124 valence electrons. The fraction of sp³-hybridized carbons (Fsp3) is 0.588. The second-order valence-electron chi connectivity index (χ2n) is 5.79. The third-order valence-electron chi connectivity index (χ3n) is 4.09. The van der Waals surface area contributed by atoms with Crippen LogP contribution in [-0.2, 0) is 16.0 Å². The molecule has 2 rings (SSSR count). The summed E-state index contributed by atoms with van der Waals surface area (Å²) in [6.45, 7) is 0.807. The van der Waals surface area contributed by atoms with Gasteiger partial charge in [0.25, 0.3) is 0 Å². The summed E-state index contributed by atoms with van der Waals surface area (Å²) in [5.41, 5.74) is 6.76. The Kier molecular flexibility index (Phi) is 8.28. The van der Waals surface area contributed by atoms with Crippen LogP contribution in [0, 0.1) is 5.92 Å². The molecular formula is C17H26ClNO3. The Morgan fingerprint density at radius 1 is 1.23 bits per heavy atom. The van der Waals surface area contributed by atoms with E-state index in [1.165, 1.54) is 39.2 Å². The van der Waals surface area contributed by atoms with Gasteiger partial charge in [-0.25, -0.2) is 0 Å². The van der Waals surface area contributed by atoms with Gasteiger partial charge in [0.05, 0.1) is 13.7 Å². The summed E-state index contributed by atoms with van der Waals surface area (Å²) in [5, 5.41) is 0. The number of nitrogens with two attached hydrogens (primary N) is 1. The van der Waals surface area contributed by atoms with E-state index >= 15 is 0 Å². The molecule has 2 N–H and O–H groups in total. The minimum absolute atomic E-state index is 0. The highest BCUT2D eigenvalue weighted by Crippen LogP contribution is 2.24. The lowest BCUT2D eigenvalue weighted by Crippen LogP contribution is -2.33. The molecule has 0 saturated heterocycles. The van der Waals surface area contributed by atoms with E-state index in [1.807, 2.05) is 24.3 Å². The summed E-state index contributed by atoms with van der Waals surface area (Å²) in [6.07, 6.45) is 7.08. The van der Waals surface area contributed by atoms with E-state index in [-0.39, 0.29) is 18.4 Å². The lowest BCUT2D eigenvalue weighted by Gasteiger charge is -2.21. The van der Waals surface area contributed by atoms with Crippen molar-refractivity contribution in [1.29, 1.82) is 0 Å². The van der Waals surface area contributed by atoms with Gasteiger partial charge in [-0.15, -0.1) is 12.4 Å². The summed E-state index contributed by atoms with van der Waals surface area (Å²) >= 11 is 0. The quantitative estimate of drug-likeness (QED) is 0.815. The van der Waals surface area contributed by atoms with Crippen LogP contribution in [0.3, 0.4) is 0 Å². The maximum atomic E-state index is 11.3. The highest BCUT2D eigenvalue weighted by molar-refractivity contribution is 5.85. The lowest BCUT2D eigenvalue weighted by molar-refractivity contribution is -0.142. The Balaban J connectivity index is 0.00000242. The summed E-state index contributed by atoms with van der Waals surface area (Å²) in [5.74, 6) is 1.20. The Morgan fingerprint density at radius 2 is 1.86 bits per heavy atom. The molecule has 0 aliphatic heterocycles. The molecule has 1 aromatic rings. The van der Waals surface area contributed by atoms with Gasteiger partial charge in [-0.3, -0.25) is 4.79 Å². The Bertz CT molecular complexity index is 444. The Hall–Kier alpha value is -1.26. The van der Waals surface area contributed by atoms with Gasteiger partial charge in [-0.1, -0.05) is 31.4 Å². The molecular weight excluding hydrogens is 302 g/mol. The van der Waals surface area contributed by atoms with Crippen molar-refractivity contribution in [3.8, 4) is 5.75 Å². The van der Waals surface area contributed by atoms with E-state index in [0.29, 0.717) is 12.3 Å². The molecule has 0 radical (unpaired) electrons. The molecule has 1 aromatic carbocycles. The highest BCUT2D eigenvalue weighted by atomic mass is 35.5. The van der Waals surface area contributed by atoms with Crippen molar-refractivity contribution in [2.45, 2.75) is 44.6 Å². The second-order valence-corrected chi connectivity index (χ2v) is 5.79. The summed E-state index contributed by atoms with van der Waals surface area (Å²) in [7, 11) is 1.35. The van der Waals surface area contributed by atoms with E-state index < -0.39 is 6.04 Å². The standard InChI is InChI=1S/C17H25NO3.ClH/c1-20-17(19)16(18)11-13-7-9-15(10-8-13)21-12-14-5-3-2-4-6-14;/h7-10,14,16H,2-6,11-12,18H2,1H3;1H/t16-;/m0./s1. The number of halogens is 1. The smallest absolute Gasteiger partial charge is 0.322 e. The molecule has 1 fully saturated rings. The first-order valence-electron chi connectivity index (χ1n) is 7.74. The van der Waals surface area contributed by atoms with Crippen LogP contribution in [0.25, 0.3) is 0 Å². The van der Waals surface area contributed by atoms with Crippen LogP contribution in [0.15, 0.2) is 24.3 Å². The number of carbonyl (C=O) groups excluding carboxylic acids is 1. The SMILES string of the molecule is COC(=O)[C@@H](N)Cc1ccc(OCC2CCCCC2)cc1.Cl. The van der Waals surface area contributed by atoms with Crippen LogP contribution in [0.5, 0.6) is 5.75 Å². The zero-order chi connectivity index (χ0) is 15.1. The predicted octanol–water partition coefficient (Wildman–Crippen LogP) is 3.11. The van der Waals surface area contributed by atoms with Crippen LogP contribution in [0.1, 0.15) is 37.7 Å². The van der Waals surface area contributed by atoms with Gasteiger partial charge in [0.2, 0.25) is 0 Å². The molecule has 0 amide bonds. The lowest BCUT2D eigenvalue weighted by atomic mass is 9.90. The normalized spacial score (nSPS) is 16.5. The molecule has 0 bridgehead atoms. The van der Waals surface area contributed by atoms with Crippen molar-refractivity contribution in [1.82, 2.24) is 0 Å². The second kappa shape index (κ2) is 9.70. The molecule has 0 heterocycles. The van der Waals surface area contributed by atoms with Crippen molar-refractivity contribution in [3.05, 3.63) is 29.8 Å². The van der Waals surface area contributed by atoms with Crippen LogP contribution < -0.4 is 10.5 Å². The largest absolute Gasteiger partial charge is 0.493 e. The number of benzene rings is 1. The zero-order valence-electron chi connectivity index (χ0n) is 13.1. The maximum Gasteiger partial charge on any atom is 0.322 e. The molecule has 1 atom stereocenters. The molecule has 1 aliphatic carbocycles. The van der Waals surface area contributed by atoms with Gasteiger partial charge in [0, 0.05) is 0 Å². The zero-order valence-corrected chi connectivity index (χ0v) is 13.9. The first kappa shape index (κ1) is 18.8. The first-order valence-corrected chi connectivity index (χ1v) is 7.74. The fourth-order valence-corrected chi connectivity index (χ4v) is 2.78. The van der Waals surface area contributed by atoms with Gasteiger partial charge in [-0.2, -0.15) is 0 Å². The third kappa shape index (κ3) is 5.85. The maximum absolute atomic E-state index is 11.3. The average Bonchev–Trinajstić information content (AvgIpc) is 2.54. The number of methoxy groups -OCH3 is 1. The van der Waals surface area contributed by atoms with Gasteiger partial charge < -0.3 is 15.2 Å². The number of hydrogen-bond donors (Lipinski definition) is 1. The van der Waals surface area contributed by atoms with Gasteiger partial charge in [-0.05, 0) is 42.9 Å². The third-order valence-corrected chi connectivity index (χ3v) is 4.09. The molecule has 1 aliphatic rings. The molecule has 0 spiro atoms. The molecule has 5 heteroatoms. The molecule has 4 nitrogen and oxygen atoms in total. The van der Waals surface area contributed by atoms with Gasteiger partial charge >= 0.3 is 5.97 Å². The van der Waals surface area contributed by atoms with Crippen LogP contribution >= 0.6 is 12.4 Å². The minimum Gasteiger partial charge on any atom is -0.493 e. The van der Waals surface area contributed by atoms with Gasteiger partial charge in [0.1, 0.15) is 11.8 Å². The molecule has 1 saturated carbocycles. The number of carbonyl (C=O) groups is 1. The fourth-order valence-electron chi connectivity index (χ4n) is 2.78. The van der Waals surface area contributed by atoms with Crippen molar-refractivity contribution < 1.29 is 14.3 Å². The molecule has 0 aromatic heterocycles. The minimum atomic E-state index is -0.607. The Labute approximate surface area is 138 Å². The summed E-state index contributed by atoms with van der Waals surface area (Å²) < 4.78 is 10.5. The van der Waals surface area contributed by atoms with E-state index in [2.05, 4.69) is 4.74 Å². The van der Waals surface area contributed by atoms with Crippen molar-refractivity contribution in [3.63, 3.8) is 0 Å². The number of ether oxygens (including phenoxy) is 2. The highest BCUT2D eigenvalue weighted by Gasteiger charge is 2.15. The number of hydrogen-bond acceptors (Lipinski definition) is 4. The summed E-state index contributed by atoms with van der Waals surface area (Å²) in [6, 6.07) is 7.20. The Morgan fingerprint density at radius 3 is 2.45 bits per heavy atom. The predicted molar refractivity (Wildman–Crippen MR) is 89.5 cm³/mol. The van der Waals surface area contributed by atoms with Crippen molar-refractivity contribution in [2.24, 2.45) is 11.7 Å². The average molecular weight is 328 g/mol. The van der Waals surface area contributed by atoms with Crippen LogP contribution in [0.4, 0.5) is 0 Å². The van der Waals surface area contributed by atoms with E-state index in [9.17, 15) is 4.79 Å². The van der Waals surface area contributed by atoms with Crippen LogP contribution in [0.2, 0.25) is 0 Å². The van der Waals surface area contributed by atoms with Crippen molar-refractivity contribution >= 4 is 18.4 Å². The van der Waals surface area contributed by atoms with Gasteiger partial charge in [0.15, 0.2) is 0 Å². The number of rotatable bonds is 6. The van der Waals surface area contributed by atoms with E-state index in [4.69, 9.17) is 10.5 Å². The molecule has 0 unspecified atom stereocenters. The molecule has 22 heavy (non-hydrogen) atoms. The van der Waals surface area contributed by atoms with E-state index in [1.54, 1.807) is 0 Å². The monoisotopic (exact) mass is 327 g/mol. The van der Waals surface area contributed by atoms with E-state index in [0.717, 1.165) is 17.9 Å². The van der Waals surface area contributed by atoms with Crippen molar-refractivity contribution in [2.75, 3.05) is 13.7 Å². The number of esters is 1. The van der Waals surface area contributed by atoms with Crippen LogP contribution in [-0.4, -0.2) is 25.7 Å². The topological polar surface area (TPSA) is 61.5 Å².